The van der Waals surface area contributed by atoms with Gasteiger partial charge in [0, 0.05) is 43.0 Å². The number of para-hydroxylation sites is 1. The zero-order chi connectivity index (χ0) is 18.1. The van der Waals surface area contributed by atoms with Crippen molar-refractivity contribution >= 4 is 22.9 Å². The monoisotopic (exact) mass is 374 g/mol. The van der Waals surface area contributed by atoms with Crippen molar-refractivity contribution in [1.29, 1.82) is 0 Å². The lowest BCUT2D eigenvalue weighted by Crippen LogP contribution is -3.14. The fourth-order valence-electron chi connectivity index (χ4n) is 4.10. The van der Waals surface area contributed by atoms with Crippen LogP contribution in [0.2, 0.25) is 0 Å². The Hall–Kier alpha value is -1.92. The van der Waals surface area contributed by atoms with E-state index in [1.54, 1.807) is 6.07 Å². The van der Waals surface area contributed by atoms with Gasteiger partial charge in [-0.05, 0) is 30.5 Å². The molecule has 0 bridgehead atoms. The Morgan fingerprint density at radius 2 is 2.00 bits per heavy atom. The van der Waals surface area contributed by atoms with Gasteiger partial charge in [-0.2, -0.15) is 0 Å². The highest BCUT2D eigenvalue weighted by atomic mass is 32.1. The van der Waals surface area contributed by atoms with Gasteiger partial charge >= 0.3 is 0 Å². The molecule has 0 aliphatic carbocycles. The third kappa shape index (κ3) is 3.35. The Balaban J connectivity index is 1.34. The van der Waals surface area contributed by atoms with Crippen LogP contribution in [-0.2, 0) is 11.2 Å². The molecule has 0 spiro atoms. The predicted molar refractivity (Wildman–Crippen MR) is 102 cm³/mol. The first-order valence-corrected chi connectivity index (χ1v) is 10.2. The number of hydrogen-bond acceptors (Lipinski definition) is 3. The number of nitrogens with one attached hydrogen (secondary N) is 1. The number of rotatable bonds is 3. The van der Waals surface area contributed by atoms with Crippen LogP contribution in [0, 0.1) is 5.82 Å². The summed E-state index contributed by atoms with van der Waals surface area (Å²) in [5.74, 6) is 0.0316. The molecule has 2 aromatic rings. The average molecular weight is 375 g/mol. The van der Waals surface area contributed by atoms with Crippen LogP contribution in [0.15, 0.2) is 35.7 Å². The van der Waals surface area contributed by atoms with Gasteiger partial charge in [0.1, 0.15) is 11.9 Å². The molecule has 6 heteroatoms. The van der Waals surface area contributed by atoms with Gasteiger partial charge in [0.15, 0.2) is 6.54 Å². The van der Waals surface area contributed by atoms with Crippen molar-refractivity contribution in [1.82, 2.24) is 4.90 Å². The van der Waals surface area contributed by atoms with Crippen molar-refractivity contribution < 1.29 is 14.1 Å². The molecule has 1 saturated heterocycles. The molecule has 4 nitrogen and oxygen atoms in total. The second kappa shape index (κ2) is 7.37. The summed E-state index contributed by atoms with van der Waals surface area (Å²) in [4.78, 5) is 19.6. The van der Waals surface area contributed by atoms with Crippen LogP contribution in [0.25, 0.3) is 0 Å². The molecular formula is C20H25FN3OS+. The molecule has 1 amide bonds. The van der Waals surface area contributed by atoms with Gasteiger partial charge in [0.05, 0.1) is 12.2 Å². The molecule has 1 aromatic carbocycles. The number of carbonyl (C=O) groups is 1. The zero-order valence-electron chi connectivity index (χ0n) is 15.1. The molecule has 26 heavy (non-hydrogen) atoms. The first-order valence-electron chi connectivity index (χ1n) is 9.31. The van der Waals surface area contributed by atoms with Crippen molar-refractivity contribution in [2.45, 2.75) is 19.4 Å². The van der Waals surface area contributed by atoms with Crippen LogP contribution < -0.4 is 9.80 Å². The topological polar surface area (TPSA) is 28.0 Å². The minimum atomic E-state index is -0.189. The maximum absolute atomic E-state index is 14.0. The van der Waals surface area contributed by atoms with E-state index in [1.807, 2.05) is 33.3 Å². The molecule has 2 aliphatic heterocycles. The molecule has 2 atom stereocenters. The number of thiophene rings is 1. The van der Waals surface area contributed by atoms with Crippen molar-refractivity contribution in [3.63, 3.8) is 0 Å². The molecular weight excluding hydrogens is 349 g/mol. The standard InChI is InChI=1S/C20H24FN3OS/c1-15-16-7-13-26-19(16)6-8-24(15)14-20(25)23-11-9-22(10-12-23)18-5-3-2-4-17(18)21/h2-5,7,13,15H,6,8-12,14H2,1H3/p+1/t15-/m1/s1. The molecule has 1 unspecified atom stereocenters. The maximum atomic E-state index is 14.0. The molecule has 0 radical (unpaired) electrons. The Labute approximate surface area is 157 Å². The molecule has 2 aliphatic rings. The van der Waals surface area contributed by atoms with Gasteiger partial charge in [0.2, 0.25) is 0 Å². The minimum absolute atomic E-state index is 0.189. The van der Waals surface area contributed by atoms with E-state index in [0.717, 1.165) is 13.0 Å². The lowest BCUT2D eigenvalue weighted by Gasteiger charge is -2.37. The predicted octanol–water partition coefficient (Wildman–Crippen LogP) is 1.74. The summed E-state index contributed by atoms with van der Waals surface area (Å²) in [7, 11) is 0. The van der Waals surface area contributed by atoms with Gasteiger partial charge in [0.25, 0.3) is 5.91 Å². The average Bonchev–Trinajstić information content (AvgIpc) is 3.14. The number of fused-ring (bicyclic) bond motifs is 1. The van der Waals surface area contributed by atoms with Gasteiger partial charge in [-0.1, -0.05) is 12.1 Å². The summed E-state index contributed by atoms with van der Waals surface area (Å²) in [5.41, 5.74) is 2.05. The van der Waals surface area contributed by atoms with Crippen LogP contribution in [0.4, 0.5) is 10.1 Å². The van der Waals surface area contributed by atoms with Gasteiger partial charge in [-0.15, -0.1) is 11.3 Å². The number of nitrogens with zero attached hydrogens (tertiary/aromatic N) is 2. The van der Waals surface area contributed by atoms with E-state index < -0.39 is 0 Å². The molecule has 4 rings (SSSR count). The van der Waals surface area contributed by atoms with E-state index in [0.29, 0.717) is 44.5 Å². The number of quaternary nitrogens is 1. The number of anilines is 1. The van der Waals surface area contributed by atoms with E-state index >= 15 is 0 Å². The fourth-order valence-corrected chi connectivity index (χ4v) is 5.08. The number of piperazine rings is 1. The third-order valence-corrected chi connectivity index (χ3v) is 6.73. The first kappa shape index (κ1) is 17.5. The van der Waals surface area contributed by atoms with Gasteiger partial charge in [-0.25, -0.2) is 4.39 Å². The quantitative estimate of drug-likeness (QED) is 0.886. The minimum Gasteiger partial charge on any atom is -0.366 e. The Kier molecular flexibility index (Phi) is 4.96. The highest BCUT2D eigenvalue weighted by molar-refractivity contribution is 7.10. The lowest BCUT2D eigenvalue weighted by molar-refractivity contribution is -0.924. The summed E-state index contributed by atoms with van der Waals surface area (Å²) in [6.07, 6.45) is 1.07. The maximum Gasteiger partial charge on any atom is 0.277 e. The number of benzene rings is 1. The largest absolute Gasteiger partial charge is 0.366 e. The summed E-state index contributed by atoms with van der Waals surface area (Å²) in [6, 6.07) is 9.46. The van der Waals surface area contributed by atoms with Crippen LogP contribution >= 0.6 is 11.3 Å². The highest BCUT2D eigenvalue weighted by Crippen LogP contribution is 2.24. The van der Waals surface area contributed by atoms with Crippen molar-refractivity contribution in [2.75, 3.05) is 44.2 Å². The zero-order valence-corrected chi connectivity index (χ0v) is 15.9. The second-order valence-corrected chi connectivity index (χ2v) is 8.18. The van der Waals surface area contributed by atoms with Crippen molar-refractivity contribution in [2.24, 2.45) is 0 Å². The van der Waals surface area contributed by atoms with Crippen LogP contribution in [0.1, 0.15) is 23.4 Å². The number of amides is 1. The number of hydrogen-bond donors (Lipinski definition) is 1. The summed E-state index contributed by atoms with van der Waals surface area (Å²) in [6.45, 7) is 6.50. The number of carbonyl (C=O) groups excluding carboxylic acids is 1. The molecule has 0 saturated carbocycles. The first-order chi connectivity index (χ1) is 12.6. The highest BCUT2D eigenvalue weighted by Gasteiger charge is 2.32. The Morgan fingerprint density at radius 3 is 2.77 bits per heavy atom. The van der Waals surface area contributed by atoms with Crippen molar-refractivity contribution in [3.05, 3.63) is 52.0 Å². The van der Waals surface area contributed by atoms with Crippen LogP contribution in [0.3, 0.4) is 0 Å². The SMILES string of the molecule is C[C@@H]1c2ccsc2CC[NH+]1CC(=O)N1CCN(c2ccccc2F)CC1. The van der Waals surface area contributed by atoms with Crippen LogP contribution in [-0.4, -0.2) is 50.1 Å². The molecule has 1 aromatic heterocycles. The van der Waals surface area contributed by atoms with E-state index in [9.17, 15) is 9.18 Å². The molecule has 3 heterocycles. The van der Waals surface area contributed by atoms with E-state index in [1.165, 1.54) is 21.4 Å². The fraction of sp³-hybridized carbons (Fsp3) is 0.450. The lowest BCUT2D eigenvalue weighted by atomic mass is 10.0. The summed E-state index contributed by atoms with van der Waals surface area (Å²) < 4.78 is 14.0. The Bertz CT molecular complexity index is 785. The van der Waals surface area contributed by atoms with Crippen molar-refractivity contribution in [3.8, 4) is 0 Å². The summed E-state index contributed by atoms with van der Waals surface area (Å²) >= 11 is 1.83. The number of halogens is 1. The molecule has 1 fully saturated rings. The third-order valence-electron chi connectivity index (χ3n) is 5.74. The Morgan fingerprint density at radius 1 is 1.23 bits per heavy atom. The van der Waals surface area contributed by atoms with E-state index in [4.69, 9.17) is 0 Å². The smallest absolute Gasteiger partial charge is 0.277 e. The van der Waals surface area contributed by atoms with Gasteiger partial charge in [-0.3, -0.25) is 4.79 Å². The summed E-state index contributed by atoms with van der Waals surface area (Å²) in [5, 5.41) is 2.16. The van der Waals surface area contributed by atoms with Crippen LogP contribution in [0.5, 0.6) is 0 Å². The molecule has 138 valence electrons. The molecule has 1 N–H and O–H groups in total. The van der Waals surface area contributed by atoms with Gasteiger partial charge < -0.3 is 14.7 Å². The van der Waals surface area contributed by atoms with E-state index in [-0.39, 0.29) is 11.7 Å². The van der Waals surface area contributed by atoms with E-state index in [2.05, 4.69) is 18.4 Å². The normalized spacial score (nSPS) is 23.0. The second-order valence-electron chi connectivity index (χ2n) is 7.18.